The summed E-state index contributed by atoms with van der Waals surface area (Å²) in [5.74, 6) is 1.76. The molecule has 0 aliphatic rings. The summed E-state index contributed by atoms with van der Waals surface area (Å²) < 4.78 is 21.0. The summed E-state index contributed by atoms with van der Waals surface area (Å²) in [5, 5.41) is -0.216. The number of unbranched alkanes of at least 4 members (excludes halogenated alkanes) is 1. The van der Waals surface area contributed by atoms with Crippen molar-refractivity contribution in [1.82, 2.24) is 9.55 Å². The van der Waals surface area contributed by atoms with Gasteiger partial charge in [-0.2, -0.15) is 11.8 Å². The third-order valence-corrected chi connectivity index (χ3v) is 4.28. The Morgan fingerprint density at radius 3 is 2.81 bits per heavy atom. The molecule has 0 aliphatic heterocycles. The van der Waals surface area contributed by atoms with E-state index in [9.17, 15) is 4.39 Å². The highest BCUT2D eigenvalue weighted by molar-refractivity contribution is 7.98. The first kappa shape index (κ1) is 16.4. The number of aryl methyl sites for hydroxylation is 1. The fourth-order valence-corrected chi connectivity index (χ4v) is 3.02. The SMILES string of the molecule is COc1cc2c(cc1F)nc(C(C)Cl)n2CCCCSC. The predicted molar refractivity (Wildman–Crippen MR) is 88.1 cm³/mol. The number of halogens is 2. The number of rotatable bonds is 7. The number of aromatic nitrogens is 2. The van der Waals surface area contributed by atoms with Crippen molar-refractivity contribution in [1.29, 1.82) is 0 Å². The molecule has 6 heteroatoms. The minimum atomic E-state index is -0.397. The highest BCUT2D eigenvalue weighted by Crippen LogP contribution is 2.29. The Hall–Kier alpha value is -0.940. The summed E-state index contributed by atoms with van der Waals surface area (Å²) in [5.41, 5.74) is 1.50. The van der Waals surface area contributed by atoms with Crippen molar-refractivity contribution in [2.75, 3.05) is 19.1 Å². The Balaban J connectivity index is 2.40. The summed E-state index contributed by atoms with van der Waals surface area (Å²) >= 11 is 8.06. The van der Waals surface area contributed by atoms with E-state index in [1.807, 2.05) is 18.7 Å². The van der Waals surface area contributed by atoms with Crippen molar-refractivity contribution in [3.63, 3.8) is 0 Å². The quantitative estimate of drug-likeness (QED) is 0.547. The van der Waals surface area contributed by atoms with Gasteiger partial charge in [0.2, 0.25) is 0 Å². The largest absolute Gasteiger partial charge is 0.494 e. The van der Waals surface area contributed by atoms with Gasteiger partial charge in [-0.1, -0.05) is 0 Å². The zero-order valence-electron chi connectivity index (χ0n) is 12.5. The van der Waals surface area contributed by atoms with E-state index < -0.39 is 5.82 Å². The lowest BCUT2D eigenvalue weighted by molar-refractivity contribution is 0.387. The van der Waals surface area contributed by atoms with Crippen molar-refractivity contribution in [2.45, 2.75) is 31.7 Å². The summed E-state index contributed by atoms with van der Waals surface area (Å²) in [6.07, 6.45) is 4.28. The number of thioether (sulfide) groups is 1. The van der Waals surface area contributed by atoms with Gasteiger partial charge in [-0.3, -0.25) is 0 Å². The fourth-order valence-electron chi connectivity index (χ4n) is 2.36. The molecule has 0 amide bonds. The highest BCUT2D eigenvalue weighted by Gasteiger charge is 2.17. The fraction of sp³-hybridized carbons (Fsp3) is 0.533. The van der Waals surface area contributed by atoms with E-state index in [1.54, 1.807) is 6.07 Å². The average Bonchev–Trinajstić information content (AvgIpc) is 2.80. The number of ether oxygens (including phenoxy) is 1. The van der Waals surface area contributed by atoms with Crippen molar-refractivity contribution >= 4 is 34.4 Å². The molecule has 0 spiro atoms. The molecule has 2 aromatic rings. The van der Waals surface area contributed by atoms with Gasteiger partial charge in [0.15, 0.2) is 11.6 Å². The second-order valence-corrected chi connectivity index (χ2v) is 6.55. The van der Waals surface area contributed by atoms with Crippen molar-refractivity contribution in [3.8, 4) is 5.75 Å². The highest BCUT2D eigenvalue weighted by atomic mass is 35.5. The number of nitrogens with zero attached hydrogens (tertiary/aromatic N) is 2. The number of hydrogen-bond acceptors (Lipinski definition) is 3. The molecule has 116 valence electrons. The number of alkyl halides is 1. The molecule has 0 saturated heterocycles. The lowest BCUT2D eigenvalue weighted by atomic mass is 10.2. The molecule has 1 aromatic carbocycles. The first-order valence-electron chi connectivity index (χ1n) is 6.95. The van der Waals surface area contributed by atoms with Gasteiger partial charge in [-0.25, -0.2) is 9.37 Å². The van der Waals surface area contributed by atoms with Gasteiger partial charge in [0.1, 0.15) is 5.82 Å². The first-order valence-corrected chi connectivity index (χ1v) is 8.78. The molecule has 0 saturated carbocycles. The Bertz CT molecular complexity index is 615. The molecular formula is C15H20ClFN2OS. The van der Waals surface area contributed by atoms with Crippen LogP contribution in [0.15, 0.2) is 12.1 Å². The Kier molecular flexibility index (Phi) is 5.76. The van der Waals surface area contributed by atoms with Crippen molar-refractivity contribution in [3.05, 3.63) is 23.8 Å². The third kappa shape index (κ3) is 3.64. The van der Waals surface area contributed by atoms with Gasteiger partial charge in [0.25, 0.3) is 0 Å². The molecule has 0 radical (unpaired) electrons. The average molecular weight is 331 g/mol. The van der Waals surface area contributed by atoms with Crippen LogP contribution < -0.4 is 4.74 Å². The van der Waals surface area contributed by atoms with Crippen LogP contribution in [0.5, 0.6) is 5.75 Å². The van der Waals surface area contributed by atoms with Crippen LogP contribution in [-0.2, 0) is 6.54 Å². The molecule has 1 aromatic heterocycles. The van der Waals surface area contributed by atoms with Crippen LogP contribution in [0, 0.1) is 5.82 Å². The maximum atomic E-state index is 13.8. The van der Waals surface area contributed by atoms with Gasteiger partial charge >= 0.3 is 0 Å². The molecule has 0 bridgehead atoms. The van der Waals surface area contributed by atoms with Gasteiger partial charge < -0.3 is 9.30 Å². The molecule has 0 aliphatic carbocycles. The van der Waals surface area contributed by atoms with Gasteiger partial charge in [-0.05, 0) is 31.8 Å². The number of hydrogen-bond donors (Lipinski definition) is 0. The second-order valence-electron chi connectivity index (χ2n) is 4.91. The van der Waals surface area contributed by atoms with Crippen molar-refractivity contribution < 1.29 is 9.13 Å². The molecule has 21 heavy (non-hydrogen) atoms. The normalized spacial score (nSPS) is 12.8. The molecule has 1 atom stereocenters. The maximum Gasteiger partial charge on any atom is 0.167 e. The number of methoxy groups -OCH3 is 1. The zero-order valence-corrected chi connectivity index (χ0v) is 14.1. The number of fused-ring (bicyclic) bond motifs is 1. The van der Waals surface area contributed by atoms with E-state index in [0.29, 0.717) is 5.52 Å². The first-order chi connectivity index (χ1) is 10.1. The van der Waals surface area contributed by atoms with E-state index in [1.165, 1.54) is 13.2 Å². The zero-order chi connectivity index (χ0) is 15.4. The van der Waals surface area contributed by atoms with Gasteiger partial charge in [-0.15, -0.1) is 11.6 Å². The van der Waals surface area contributed by atoms with Crippen LogP contribution in [0.25, 0.3) is 11.0 Å². The van der Waals surface area contributed by atoms with Crippen LogP contribution in [0.3, 0.4) is 0 Å². The van der Waals surface area contributed by atoms with Crippen LogP contribution >= 0.6 is 23.4 Å². The molecule has 0 fully saturated rings. The van der Waals surface area contributed by atoms with E-state index in [2.05, 4.69) is 15.8 Å². The Morgan fingerprint density at radius 2 is 2.19 bits per heavy atom. The number of benzene rings is 1. The summed E-state index contributed by atoms with van der Waals surface area (Å²) in [7, 11) is 1.47. The Morgan fingerprint density at radius 1 is 1.43 bits per heavy atom. The lowest BCUT2D eigenvalue weighted by Gasteiger charge is -2.11. The third-order valence-electron chi connectivity index (χ3n) is 3.39. The topological polar surface area (TPSA) is 27.1 Å². The van der Waals surface area contributed by atoms with Gasteiger partial charge in [0, 0.05) is 18.7 Å². The summed E-state index contributed by atoms with van der Waals surface area (Å²) in [4.78, 5) is 4.48. The number of imidazole rings is 1. The monoisotopic (exact) mass is 330 g/mol. The van der Waals surface area contributed by atoms with Crippen LogP contribution in [0.2, 0.25) is 0 Å². The molecule has 3 nitrogen and oxygen atoms in total. The maximum absolute atomic E-state index is 13.8. The van der Waals surface area contributed by atoms with E-state index in [0.717, 1.165) is 36.5 Å². The predicted octanol–water partition coefficient (Wildman–Crippen LogP) is 4.63. The van der Waals surface area contributed by atoms with E-state index >= 15 is 0 Å². The van der Waals surface area contributed by atoms with Crippen LogP contribution in [-0.4, -0.2) is 28.7 Å². The van der Waals surface area contributed by atoms with Crippen LogP contribution in [0.1, 0.15) is 31.0 Å². The second kappa shape index (κ2) is 7.36. The van der Waals surface area contributed by atoms with E-state index in [4.69, 9.17) is 16.3 Å². The molecule has 2 rings (SSSR count). The lowest BCUT2D eigenvalue weighted by Crippen LogP contribution is -2.05. The van der Waals surface area contributed by atoms with Crippen molar-refractivity contribution in [2.24, 2.45) is 0 Å². The van der Waals surface area contributed by atoms with Crippen LogP contribution in [0.4, 0.5) is 4.39 Å². The summed E-state index contributed by atoms with van der Waals surface area (Å²) in [6, 6.07) is 3.12. The van der Waals surface area contributed by atoms with E-state index in [-0.39, 0.29) is 11.1 Å². The molecular weight excluding hydrogens is 311 g/mol. The van der Waals surface area contributed by atoms with Gasteiger partial charge in [0.05, 0.1) is 23.5 Å². The molecule has 1 heterocycles. The standard InChI is InChI=1S/C15H20ClFN2OS/c1-10(16)15-18-12-8-11(17)14(20-2)9-13(12)19(15)6-4-5-7-21-3/h8-10H,4-7H2,1-3H3. The summed E-state index contributed by atoms with van der Waals surface area (Å²) in [6.45, 7) is 2.72. The molecule has 0 N–H and O–H groups in total. The smallest absolute Gasteiger partial charge is 0.167 e. The molecule has 1 unspecified atom stereocenters. The minimum absolute atomic E-state index is 0.216. The minimum Gasteiger partial charge on any atom is -0.494 e. The Labute approximate surface area is 133 Å².